The Bertz CT molecular complexity index is 292. The van der Waals surface area contributed by atoms with Crippen LogP contribution in [-0.2, 0) is 4.74 Å². The van der Waals surface area contributed by atoms with Crippen molar-refractivity contribution >= 4 is 0 Å². The van der Waals surface area contributed by atoms with Gasteiger partial charge in [0.2, 0.25) is 0 Å². The Hall–Kier alpha value is -0.0800. The van der Waals surface area contributed by atoms with Crippen LogP contribution >= 0.6 is 0 Å². The molecule has 0 amide bonds. The highest BCUT2D eigenvalue weighted by atomic mass is 16.5. The topological polar surface area (TPSA) is 29.5 Å². The summed E-state index contributed by atoms with van der Waals surface area (Å²) in [5, 5.41) is 9.98. The van der Waals surface area contributed by atoms with E-state index in [1.165, 1.54) is 116 Å². The Kier molecular flexibility index (Phi) is 17.8. The van der Waals surface area contributed by atoms with Crippen molar-refractivity contribution in [3.63, 3.8) is 0 Å². The van der Waals surface area contributed by atoms with E-state index >= 15 is 0 Å². The third-order valence-electron chi connectivity index (χ3n) is 6.40. The minimum Gasteiger partial charge on any atom is -0.396 e. The van der Waals surface area contributed by atoms with Gasteiger partial charge in [0.15, 0.2) is 0 Å². The SMILES string of the molecule is CCCCCCOC1CCCCCCCCCCCCCCCCC1CO. The summed E-state index contributed by atoms with van der Waals surface area (Å²) < 4.78 is 6.31. The summed E-state index contributed by atoms with van der Waals surface area (Å²) in [6.45, 7) is 3.45. The molecule has 0 aromatic carbocycles. The van der Waals surface area contributed by atoms with Crippen LogP contribution in [0.5, 0.6) is 0 Å². The number of rotatable bonds is 7. The molecule has 0 saturated heterocycles. The lowest BCUT2D eigenvalue weighted by Gasteiger charge is -2.26. The maximum atomic E-state index is 9.98. The molecular formula is C25H50O2. The number of ether oxygens (including phenoxy) is 1. The normalized spacial score (nSPS) is 25.6. The Labute approximate surface area is 170 Å². The maximum Gasteiger partial charge on any atom is 0.0625 e. The van der Waals surface area contributed by atoms with E-state index in [1.54, 1.807) is 0 Å². The second-order valence-electron chi connectivity index (χ2n) is 8.94. The molecule has 0 heterocycles. The van der Waals surface area contributed by atoms with Crippen molar-refractivity contribution in [3.8, 4) is 0 Å². The summed E-state index contributed by atoms with van der Waals surface area (Å²) in [4.78, 5) is 0. The van der Waals surface area contributed by atoms with Gasteiger partial charge in [-0.2, -0.15) is 0 Å². The first-order valence-corrected chi connectivity index (χ1v) is 12.6. The Morgan fingerprint density at radius 3 is 1.59 bits per heavy atom. The zero-order valence-electron chi connectivity index (χ0n) is 18.6. The van der Waals surface area contributed by atoms with Gasteiger partial charge in [-0.25, -0.2) is 0 Å². The van der Waals surface area contributed by atoms with Crippen molar-refractivity contribution in [3.05, 3.63) is 0 Å². The van der Waals surface area contributed by atoms with Crippen LogP contribution in [0.1, 0.15) is 135 Å². The van der Waals surface area contributed by atoms with Gasteiger partial charge in [-0.15, -0.1) is 0 Å². The third kappa shape index (κ3) is 14.6. The lowest BCUT2D eigenvalue weighted by atomic mass is 9.91. The molecular weight excluding hydrogens is 332 g/mol. The maximum absolute atomic E-state index is 9.98. The Morgan fingerprint density at radius 1 is 0.630 bits per heavy atom. The molecule has 0 aliphatic heterocycles. The van der Waals surface area contributed by atoms with Crippen LogP contribution in [0.2, 0.25) is 0 Å². The molecule has 0 radical (unpaired) electrons. The van der Waals surface area contributed by atoms with Crippen LogP contribution in [0.25, 0.3) is 0 Å². The largest absolute Gasteiger partial charge is 0.396 e. The summed E-state index contributed by atoms with van der Waals surface area (Å²) in [7, 11) is 0. The molecule has 27 heavy (non-hydrogen) atoms. The first kappa shape index (κ1) is 25.0. The average molecular weight is 383 g/mol. The summed E-state index contributed by atoms with van der Waals surface area (Å²) in [5.41, 5.74) is 0. The van der Waals surface area contributed by atoms with E-state index in [0.29, 0.717) is 12.5 Å². The molecule has 0 aromatic heterocycles. The molecule has 0 aromatic rings. The molecule has 1 fully saturated rings. The molecule has 1 aliphatic carbocycles. The fourth-order valence-corrected chi connectivity index (χ4v) is 4.49. The second kappa shape index (κ2) is 19.2. The van der Waals surface area contributed by atoms with Gasteiger partial charge in [0, 0.05) is 19.1 Å². The Balaban J connectivity index is 2.40. The first-order chi connectivity index (χ1) is 13.4. The van der Waals surface area contributed by atoms with Crippen LogP contribution in [0.4, 0.5) is 0 Å². The van der Waals surface area contributed by atoms with Gasteiger partial charge >= 0.3 is 0 Å². The predicted octanol–water partition coefficient (Wildman–Crippen LogP) is 7.82. The predicted molar refractivity (Wildman–Crippen MR) is 118 cm³/mol. The van der Waals surface area contributed by atoms with Crippen molar-refractivity contribution in [2.24, 2.45) is 5.92 Å². The van der Waals surface area contributed by atoms with Gasteiger partial charge in [-0.3, -0.25) is 0 Å². The highest BCUT2D eigenvalue weighted by molar-refractivity contribution is 4.71. The molecule has 1 aliphatic rings. The second-order valence-corrected chi connectivity index (χ2v) is 8.94. The molecule has 0 spiro atoms. The first-order valence-electron chi connectivity index (χ1n) is 12.6. The highest BCUT2D eigenvalue weighted by Crippen LogP contribution is 2.23. The quantitative estimate of drug-likeness (QED) is 0.455. The van der Waals surface area contributed by atoms with Crippen molar-refractivity contribution in [2.45, 2.75) is 141 Å². The van der Waals surface area contributed by atoms with E-state index in [1.807, 2.05) is 0 Å². The molecule has 2 heteroatoms. The summed E-state index contributed by atoms with van der Waals surface area (Å²) in [6.07, 6.45) is 27.1. The van der Waals surface area contributed by atoms with Crippen LogP contribution < -0.4 is 0 Å². The van der Waals surface area contributed by atoms with Crippen LogP contribution in [-0.4, -0.2) is 24.4 Å². The standard InChI is InChI=1S/C25H50O2/c1-2-3-4-19-22-27-25-21-18-16-14-12-10-8-6-5-7-9-11-13-15-17-20-24(25)23-26/h24-26H,2-23H2,1H3. The average Bonchev–Trinajstić information content (AvgIpc) is 2.68. The molecule has 0 bridgehead atoms. The van der Waals surface area contributed by atoms with E-state index in [-0.39, 0.29) is 6.10 Å². The summed E-state index contributed by atoms with van der Waals surface area (Å²) in [5.74, 6) is 0.357. The van der Waals surface area contributed by atoms with Gasteiger partial charge in [-0.1, -0.05) is 116 Å². The lowest BCUT2D eigenvalue weighted by Crippen LogP contribution is -2.27. The fraction of sp³-hybridized carbons (Fsp3) is 1.00. The number of aliphatic hydroxyl groups excluding tert-OH is 1. The van der Waals surface area contributed by atoms with Crippen molar-refractivity contribution in [1.82, 2.24) is 0 Å². The number of hydrogen-bond acceptors (Lipinski definition) is 2. The smallest absolute Gasteiger partial charge is 0.0625 e. The van der Waals surface area contributed by atoms with Crippen molar-refractivity contribution < 1.29 is 9.84 Å². The van der Waals surface area contributed by atoms with E-state index in [2.05, 4.69) is 6.92 Å². The molecule has 1 rings (SSSR count). The number of aliphatic hydroxyl groups is 1. The van der Waals surface area contributed by atoms with E-state index < -0.39 is 0 Å². The lowest BCUT2D eigenvalue weighted by molar-refractivity contribution is -0.0177. The van der Waals surface area contributed by atoms with E-state index in [9.17, 15) is 5.11 Å². The van der Waals surface area contributed by atoms with Crippen LogP contribution in [0, 0.1) is 5.92 Å². The van der Waals surface area contributed by atoms with Gasteiger partial charge in [0.05, 0.1) is 6.10 Å². The molecule has 162 valence electrons. The van der Waals surface area contributed by atoms with Crippen LogP contribution in [0.15, 0.2) is 0 Å². The number of unbranched alkanes of at least 4 members (excludes halogenated alkanes) is 3. The third-order valence-corrected chi connectivity index (χ3v) is 6.40. The molecule has 2 unspecified atom stereocenters. The van der Waals surface area contributed by atoms with Gasteiger partial charge < -0.3 is 9.84 Å². The monoisotopic (exact) mass is 382 g/mol. The zero-order valence-corrected chi connectivity index (χ0v) is 18.6. The molecule has 1 N–H and O–H groups in total. The van der Waals surface area contributed by atoms with Crippen LogP contribution in [0.3, 0.4) is 0 Å². The van der Waals surface area contributed by atoms with Gasteiger partial charge in [-0.05, 0) is 19.3 Å². The van der Waals surface area contributed by atoms with Crippen molar-refractivity contribution in [2.75, 3.05) is 13.2 Å². The highest BCUT2D eigenvalue weighted by Gasteiger charge is 2.21. The van der Waals surface area contributed by atoms with E-state index in [4.69, 9.17) is 4.74 Å². The molecule has 2 atom stereocenters. The number of hydrogen-bond donors (Lipinski definition) is 1. The molecule has 1 saturated carbocycles. The van der Waals surface area contributed by atoms with Gasteiger partial charge in [0.1, 0.15) is 0 Å². The Morgan fingerprint density at radius 2 is 1.11 bits per heavy atom. The minimum atomic E-state index is 0.288. The molecule has 2 nitrogen and oxygen atoms in total. The summed E-state index contributed by atoms with van der Waals surface area (Å²) in [6, 6.07) is 0. The fourth-order valence-electron chi connectivity index (χ4n) is 4.49. The van der Waals surface area contributed by atoms with E-state index in [0.717, 1.165) is 19.4 Å². The van der Waals surface area contributed by atoms with Gasteiger partial charge in [0.25, 0.3) is 0 Å². The zero-order chi connectivity index (χ0) is 19.4. The van der Waals surface area contributed by atoms with Crippen molar-refractivity contribution in [1.29, 1.82) is 0 Å². The minimum absolute atomic E-state index is 0.288. The summed E-state index contributed by atoms with van der Waals surface area (Å²) >= 11 is 0.